The van der Waals surface area contributed by atoms with E-state index in [1.165, 1.54) is 0 Å². The van der Waals surface area contributed by atoms with Crippen molar-refractivity contribution in [2.45, 2.75) is 6.55 Å². The molecule has 0 atom stereocenters. The third-order valence-corrected chi connectivity index (χ3v) is 0. The van der Waals surface area contributed by atoms with Crippen LogP contribution < -0.4 is 0 Å². The van der Waals surface area contributed by atoms with Gasteiger partial charge in [-0.3, -0.25) is 0 Å². The molecule has 0 heterocycles. The summed E-state index contributed by atoms with van der Waals surface area (Å²) in [5.74, 6) is 0. The molecule has 0 aromatic rings. The highest BCUT2D eigenvalue weighted by atomic mass is 79.9. The van der Waals surface area contributed by atoms with E-state index in [-0.39, 0.29) is 0 Å². The van der Waals surface area contributed by atoms with Gasteiger partial charge in [0.15, 0.2) is 0 Å². The molecule has 0 saturated heterocycles. The van der Waals surface area contributed by atoms with E-state index in [1.54, 1.807) is 0 Å². The van der Waals surface area contributed by atoms with Crippen LogP contribution in [0.4, 0.5) is 0 Å². The van der Waals surface area contributed by atoms with Crippen LogP contribution in [0.2, 0.25) is 6.55 Å². The minimum atomic E-state index is -1.51. The van der Waals surface area contributed by atoms with E-state index in [2.05, 4.69) is 30.6 Å². The summed E-state index contributed by atoms with van der Waals surface area (Å²) in [7, 11) is 0. The fourth-order valence-corrected chi connectivity index (χ4v) is 0. The van der Waals surface area contributed by atoms with Gasteiger partial charge in [-0.2, -0.15) is 0 Å². The van der Waals surface area contributed by atoms with Gasteiger partial charge >= 0.3 is 0 Å². The van der Waals surface area contributed by atoms with E-state index in [1.807, 2.05) is 6.55 Å². The average molecular weight is 238 g/mol. The lowest BCUT2D eigenvalue weighted by Crippen LogP contribution is -1.94. The fraction of sp³-hybridized carbons (Fsp3) is 1.00. The zero-order valence-corrected chi connectivity index (χ0v) is 7.56. The maximum Gasteiger partial charge on any atom is 0.289 e. The summed E-state index contributed by atoms with van der Waals surface area (Å²) in [4.78, 5) is 0. The summed E-state index contributed by atoms with van der Waals surface area (Å²) in [5.41, 5.74) is 0. The van der Waals surface area contributed by atoms with Gasteiger partial charge in [-0.1, -0.05) is 30.6 Å². The molecule has 0 aromatic carbocycles. The molecule has 0 aromatic heterocycles. The molecule has 0 aliphatic carbocycles. The van der Waals surface area contributed by atoms with Crippen LogP contribution in [0.1, 0.15) is 0 Å². The molecule has 0 saturated carbocycles. The Labute approximate surface area is 52.8 Å². The minimum Gasteiger partial charge on any atom is -0.137 e. The molecule has 0 amide bonds. The highest BCUT2D eigenvalue weighted by Crippen LogP contribution is 2.22. The van der Waals surface area contributed by atoms with Crippen LogP contribution in [-0.4, -0.2) is 4.62 Å². The zero-order valence-electron chi connectivity index (χ0n) is 2.63. The Bertz CT molecular complexity index is 25.1. The van der Waals surface area contributed by atoms with Crippen LogP contribution in [0.5, 0.6) is 0 Å². The van der Waals surface area contributed by atoms with Crippen LogP contribution in [0.3, 0.4) is 0 Å². The monoisotopic (exact) mass is 236 g/mol. The maximum atomic E-state index is 5.50. The Balaban J connectivity index is 3.02. The molecule has 0 spiro atoms. The quantitative estimate of drug-likeness (QED) is 0.449. The third kappa shape index (κ3) is 30.5. The predicted molar refractivity (Wildman–Crippen MR) is 35.3 cm³/mol. The zero-order chi connectivity index (χ0) is 4.50. The summed E-state index contributed by atoms with van der Waals surface area (Å²) < 4.78 is -1.51. The number of rotatable bonds is 0. The second-order valence-electron chi connectivity index (χ2n) is 0.781. The largest absolute Gasteiger partial charge is 0.289 e. The van der Waals surface area contributed by atoms with Crippen molar-refractivity contribution in [2.75, 3.05) is 0 Å². The van der Waals surface area contributed by atoms with Gasteiger partial charge in [0.05, 0.1) is 0 Å². The first kappa shape index (κ1) is 6.47. The van der Waals surface area contributed by atoms with Crippen LogP contribution in [0, 0.1) is 0 Å². The SMILES string of the molecule is C[Si](Cl)(Br)Br. The first-order valence-electron chi connectivity index (χ1n) is 1.07. The van der Waals surface area contributed by atoms with Gasteiger partial charge in [0.2, 0.25) is 0 Å². The predicted octanol–water partition coefficient (Wildman–Crippen LogP) is 2.58. The Morgan fingerprint density at radius 1 is 1.60 bits per heavy atom. The molecule has 0 radical (unpaired) electrons. The van der Waals surface area contributed by atoms with E-state index in [4.69, 9.17) is 11.1 Å². The first-order chi connectivity index (χ1) is 2.00. The summed E-state index contributed by atoms with van der Waals surface area (Å²) >= 11 is 11.9. The van der Waals surface area contributed by atoms with Gasteiger partial charge < -0.3 is 0 Å². The lowest BCUT2D eigenvalue weighted by molar-refractivity contribution is 2.34. The molecular formula is CH3Br2ClSi. The highest BCUT2D eigenvalue weighted by molar-refractivity contribution is 9.53. The highest BCUT2D eigenvalue weighted by Gasteiger charge is 2.11. The van der Waals surface area contributed by atoms with Crippen molar-refractivity contribution < 1.29 is 0 Å². The molecule has 32 valence electrons. The van der Waals surface area contributed by atoms with Gasteiger partial charge in [0, 0.05) is 0 Å². The van der Waals surface area contributed by atoms with E-state index in [0.29, 0.717) is 0 Å². The first-order valence-corrected chi connectivity index (χ1v) is 9.09. The van der Waals surface area contributed by atoms with Crippen molar-refractivity contribution in [3.05, 3.63) is 0 Å². The average Bonchev–Trinajstić information content (AvgIpc) is 0.722. The minimum absolute atomic E-state index is 1.51. The Hall–Kier alpha value is 1.47. The maximum absolute atomic E-state index is 5.50. The third-order valence-electron chi connectivity index (χ3n) is 0. The smallest absolute Gasteiger partial charge is 0.137 e. The van der Waals surface area contributed by atoms with Gasteiger partial charge in [-0.05, 0) is 6.55 Å². The van der Waals surface area contributed by atoms with Crippen LogP contribution >= 0.6 is 41.7 Å². The molecular weight excluding hydrogens is 235 g/mol. The van der Waals surface area contributed by atoms with Gasteiger partial charge in [-0.25, -0.2) is 0 Å². The van der Waals surface area contributed by atoms with Crippen LogP contribution in [0.15, 0.2) is 0 Å². The lowest BCUT2D eigenvalue weighted by atomic mass is 11.9. The molecule has 0 nitrogen and oxygen atoms in total. The standard InChI is InChI=1S/CH3Br2ClSi/c1-5(2,3)4/h1H3. The normalized spacial score (nSPS) is 12.0. The molecule has 0 aliphatic rings. The van der Waals surface area contributed by atoms with Crippen molar-refractivity contribution in [1.82, 2.24) is 0 Å². The summed E-state index contributed by atoms with van der Waals surface area (Å²) in [6.45, 7) is 1.93. The molecule has 5 heavy (non-hydrogen) atoms. The van der Waals surface area contributed by atoms with Gasteiger partial charge in [-0.15, -0.1) is 11.1 Å². The van der Waals surface area contributed by atoms with E-state index in [0.717, 1.165) is 0 Å². The second kappa shape index (κ2) is 1.96. The summed E-state index contributed by atoms with van der Waals surface area (Å²) in [6.07, 6.45) is 0. The Kier molecular flexibility index (Phi) is 2.53. The molecule has 4 heteroatoms. The van der Waals surface area contributed by atoms with E-state index < -0.39 is 4.62 Å². The number of halogens is 3. The fourth-order valence-electron chi connectivity index (χ4n) is 0. The molecule has 0 bridgehead atoms. The van der Waals surface area contributed by atoms with Crippen molar-refractivity contribution in [3.8, 4) is 0 Å². The lowest BCUT2D eigenvalue weighted by Gasteiger charge is -1.91. The van der Waals surface area contributed by atoms with E-state index in [9.17, 15) is 0 Å². The molecule has 0 aliphatic heterocycles. The van der Waals surface area contributed by atoms with Crippen molar-refractivity contribution in [1.29, 1.82) is 0 Å². The summed E-state index contributed by atoms with van der Waals surface area (Å²) in [6, 6.07) is 0. The topological polar surface area (TPSA) is 0 Å². The Morgan fingerprint density at radius 3 is 1.60 bits per heavy atom. The number of hydrogen-bond donors (Lipinski definition) is 0. The van der Waals surface area contributed by atoms with Crippen molar-refractivity contribution >= 4 is 46.3 Å². The second-order valence-corrected chi connectivity index (χ2v) is 20.1. The van der Waals surface area contributed by atoms with Crippen molar-refractivity contribution in [3.63, 3.8) is 0 Å². The van der Waals surface area contributed by atoms with Crippen LogP contribution in [-0.2, 0) is 0 Å². The number of hydrogen-bond acceptors (Lipinski definition) is 0. The van der Waals surface area contributed by atoms with Gasteiger partial charge in [0.25, 0.3) is 4.62 Å². The molecule has 0 unspecified atom stereocenters. The molecule has 0 N–H and O–H groups in total. The van der Waals surface area contributed by atoms with Crippen LogP contribution in [0.25, 0.3) is 0 Å². The van der Waals surface area contributed by atoms with Gasteiger partial charge in [0.1, 0.15) is 0 Å². The summed E-state index contributed by atoms with van der Waals surface area (Å²) in [5, 5.41) is 0. The van der Waals surface area contributed by atoms with E-state index >= 15 is 0 Å². The molecule has 0 rings (SSSR count). The van der Waals surface area contributed by atoms with Crippen molar-refractivity contribution in [2.24, 2.45) is 0 Å². The Morgan fingerprint density at radius 2 is 1.60 bits per heavy atom. The molecule has 0 fully saturated rings.